The van der Waals surface area contributed by atoms with Crippen molar-refractivity contribution >= 4 is 11.7 Å². The Hall–Kier alpha value is -1.58. The van der Waals surface area contributed by atoms with Crippen LogP contribution >= 0.6 is 0 Å². The summed E-state index contributed by atoms with van der Waals surface area (Å²) < 4.78 is 0. The maximum absolute atomic E-state index is 12.4. The average Bonchev–Trinajstić information content (AvgIpc) is 2.42. The number of nitrogens with one attached hydrogen (secondary N) is 1. The fourth-order valence-electron chi connectivity index (χ4n) is 1.72. The first-order valence-corrected chi connectivity index (χ1v) is 7.00. The molecule has 1 aromatic rings. The molecule has 106 valence electrons. The minimum Gasteiger partial charge on any atom is -0.369 e. The Morgan fingerprint density at radius 2 is 2.21 bits per heavy atom. The molecule has 0 spiro atoms. The van der Waals surface area contributed by atoms with Crippen LogP contribution in [0.2, 0.25) is 0 Å². The molecule has 0 bridgehead atoms. The van der Waals surface area contributed by atoms with Gasteiger partial charge in [0.1, 0.15) is 5.82 Å². The van der Waals surface area contributed by atoms with Crippen molar-refractivity contribution in [3.8, 4) is 0 Å². The lowest BCUT2D eigenvalue weighted by Crippen LogP contribution is -2.29. The molecule has 1 heterocycles. The lowest BCUT2D eigenvalue weighted by atomic mass is 10.1. The number of hydrogen-bond donors (Lipinski definition) is 1. The van der Waals surface area contributed by atoms with E-state index in [0.29, 0.717) is 17.3 Å². The summed E-state index contributed by atoms with van der Waals surface area (Å²) in [5.41, 5.74) is 0.655. The zero-order valence-electron chi connectivity index (χ0n) is 12.4. The van der Waals surface area contributed by atoms with Crippen LogP contribution in [0.5, 0.6) is 0 Å². The minimum atomic E-state index is 0.0346. The molecular weight excluding hydrogens is 238 g/mol. The van der Waals surface area contributed by atoms with Gasteiger partial charge in [-0.25, -0.2) is 4.98 Å². The fraction of sp³-hybridized carbons (Fsp3) is 0.600. The highest BCUT2D eigenvalue weighted by atomic mass is 16.2. The second-order valence-electron chi connectivity index (χ2n) is 5.24. The second-order valence-corrected chi connectivity index (χ2v) is 5.24. The average molecular weight is 263 g/mol. The number of anilines is 1. The Kier molecular flexibility index (Phi) is 6.33. The van der Waals surface area contributed by atoms with E-state index in [2.05, 4.69) is 31.1 Å². The van der Waals surface area contributed by atoms with Gasteiger partial charge in [-0.3, -0.25) is 4.79 Å². The quantitative estimate of drug-likeness (QED) is 0.822. The fourth-order valence-corrected chi connectivity index (χ4v) is 1.72. The van der Waals surface area contributed by atoms with Gasteiger partial charge in [0, 0.05) is 26.3 Å². The maximum atomic E-state index is 12.4. The van der Waals surface area contributed by atoms with Gasteiger partial charge in [-0.15, -0.1) is 0 Å². The van der Waals surface area contributed by atoms with Crippen LogP contribution in [0.1, 0.15) is 44.0 Å². The van der Waals surface area contributed by atoms with Gasteiger partial charge in [0.2, 0.25) is 0 Å². The monoisotopic (exact) mass is 263 g/mol. The van der Waals surface area contributed by atoms with Crippen LogP contribution in [0, 0.1) is 5.92 Å². The summed E-state index contributed by atoms with van der Waals surface area (Å²) in [7, 11) is 1.85. The summed E-state index contributed by atoms with van der Waals surface area (Å²) in [6.07, 6.45) is 3.73. The van der Waals surface area contributed by atoms with Gasteiger partial charge in [0.25, 0.3) is 5.91 Å². The van der Waals surface area contributed by atoms with Crippen molar-refractivity contribution in [2.45, 2.75) is 33.6 Å². The van der Waals surface area contributed by atoms with Crippen LogP contribution in [-0.2, 0) is 0 Å². The van der Waals surface area contributed by atoms with E-state index < -0.39 is 0 Å². The smallest absolute Gasteiger partial charge is 0.257 e. The van der Waals surface area contributed by atoms with Gasteiger partial charge in [-0.05, 0) is 30.9 Å². The Labute approximate surface area is 116 Å². The van der Waals surface area contributed by atoms with Crippen molar-refractivity contribution in [1.82, 2.24) is 9.88 Å². The summed E-state index contributed by atoms with van der Waals surface area (Å²) in [5, 5.41) is 3.20. The number of carbonyl (C=O) groups excluding carboxylic acids is 1. The maximum Gasteiger partial charge on any atom is 0.257 e. The van der Waals surface area contributed by atoms with Crippen LogP contribution in [0.15, 0.2) is 18.3 Å². The van der Waals surface area contributed by atoms with Crippen molar-refractivity contribution in [3.63, 3.8) is 0 Å². The Balaban J connectivity index is 2.74. The highest BCUT2D eigenvalue weighted by Gasteiger charge is 2.16. The largest absolute Gasteiger partial charge is 0.369 e. The van der Waals surface area contributed by atoms with Gasteiger partial charge in [-0.2, -0.15) is 0 Å². The van der Waals surface area contributed by atoms with E-state index in [1.54, 1.807) is 17.2 Å². The Morgan fingerprint density at radius 3 is 2.84 bits per heavy atom. The zero-order chi connectivity index (χ0) is 14.3. The molecule has 19 heavy (non-hydrogen) atoms. The van der Waals surface area contributed by atoms with E-state index >= 15 is 0 Å². The SMILES string of the molecule is CCCNc1ncccc1C(=O)N(C)CCC(C)C. The van der Waals surface area contributed by atoms with Crippen molar-refractivity contribution in [2.24, 2.45) is 5.92 Å². The summed E-state index contributed by atoms with van der Waals surface area (Å²) in [4.78, 5) is 18.4. The second kappa shape index (κ2) is 7.77. The van der Waals surface area contributed by atoms with Crippen LogP contribution in [0.4, 0.5) is 5.82 Å². The number of amides is 1. The molecule has 4 nitrogen and oxygen atoms in total. The van der Waals surface area contributed by atoms with Crippen LogP contribution < -0.4 is 5.32 Å². The molecule has 1 aromatic heterocycles. The zero-order valence-corrected chi connectivity index (χ0v) is 12.4. The minimum absolute atomic E-state index is 0.0346. The Bertz CT molecular complexity index is 404. The normalized spacial score (nSPS) is 10.6. The third-order valence-electron chi connectivity index (χ3n) is 2.97. The van der Waals surface area contributed by atoms with E-state index in [9.17, 15) is 4.79 Å². The highest BCUT2D eigenvalue weighted by molar-refractivity contribution is 5.98. The standard InChI is InChI=1S/C15H25N3O/c1-5-9-16-14-13(7-6-10-17-14)15(19)18(4)11-8-12(2)3/h6-7,10,12H,5,8-9,11H2,1-4H3,(H,16,17). The summed E-state index contributed by atoms with van der Waals surface area (Å²) >= 11 is 0. The van der Waals surface area contributed by atoms with E-state index in [1.807, 2.05) is 13.1 Å². The van der Waals surface area contributed by atoms with Crippen molar-refractivity contribution in [2.75, 3.05) is 25.5 Å². The number of pyridine rings is 1. The summed E-state index contributed by atoms with van der Waals surface area (Å²) in [5.74, 6) is 1.32. The van der Waals surface area contributed by atoms with Crippen molar-refractivity contribution in [3.05, 3.63) is 23.9 Å². The van der Waals surface area contributed by atoms with Crippen LogP contribution in [0.25, 0.3) is 0 Å². The first-order valence-electron chi connectivity index (χ1n) is 7.00. The number of carbonyl (C=O) groups is 1. The predicted molar refractivity (Wildman–Crippen MR) is 79.4 cm³/mol. The molecule has 0 radical (unpaired) electrons. The van der Waals surface area contributed by atoms with Gasteiger partial charge in [-0.1, -0.05) is 20.8 Å². The first-order chi connectivity index (χ1) is 9.06. The molecule has 0 fully saturated rings. The van der Waals surface area contributed by atoms with Crippen molar-refractivity contribution < 1.29 is 4.79 Å². The molecule has 1 N–H and O–H groups in total. The molecule has 0 saturated carbocycles. The first kappa shape index (κ1) is 15.5. The molecule has 0 unspecified atom stereocenters. The van der Waals surface area contributed by atoms with E-state index in [0.717, 1.165) is 25.9 Å². The lowest BCUT2D eigenvalue weighted by Gasteiger charge is -2.19. The number of aromatic nitrogens is 1. The molecule has 0 aliphatic heterocycles. The topological polar surface area (TPSA) is 45.2 Å². The van der Waals surface area contributed by atoms with E-state index in [1.165, 1.54) is 0 Å². The predicted octanol–water partition coefficient (Wildman–Crippen LogP) is 3.02. The molecule has 0 atom stereocenters. The number of nitrogens with zero attached hydrogens (tertiary/aromatic N) is 2. The molecule has 0 aromatic carbocycles. The third kappa shape index (κ3) is 4.89. The summed E-state index contributed by atoms with van der Waals surface area (Å²) in [6.45, 7) is 8.02. The highest BCUT2D eigenvalue weighted by Crippen LogP contribution is 2.14. The molecule has 0 saturated heterocycles. The van der Waals surface area contributed by atoms with Crippen LogP contribution in [0.3, 0.4) is 0 Å². The summed E-state index contributed by atoms with van der Waals surface area (Å²) in [6, 6.07) is 3.64. The van der Waals surface area contributed by atoms with Gasteiger partial charge in [0.05, 0.1) is 5.56 Å². The molecule has 4 heteroatoms. The number of hydrogen-bond acceptors (Lipinski definition) is 3. The van der Waals surface area contributed by atoms with Crippen molar-refractivity contribution in [1.29, 1.82) is 0 Å². The van der Waals surface area contributed by atoms with Gasteiger partial charge >= 0.3 is 0 Å². The van der Waals surface area contributed by atoms with E-state index in [4.69, 9.17) is 0 Å². The lowest BCUT2D eigenvalue weighted by molar-refractivity contribution is 0.0790. The van der Waals surface area contributed by atoms with Gasteiger partial charge in [0.15, 0.2) is 0 Å². The number of rotatable bonds is 7. The molecule has 0 aliphatic rings. The van der Waals surface area contributed by atoms with E-state index in [-0.39, 0.29) is 5.91 Å². The molecule has 1 rings (SSSR count). The van der Waals surface area contributed by atoms with Gasteiger partial charge < -0.3 is 10.2 Å². The molecular formula is C15H25N3O. The molecule has 1 amide bonds. The van der Waals surface area contributed by atoms with Crippen LogP contribution in [-0.4, -0.2) is 35.9 Å². The third-order valence-corrected chi connectivity index (χ3v) is 2.97. The Morgan fingerprint density at radius 1 is 1.47 bits per heavy atom. The molecule has 0 aliphatic carbocycles.